The van der Waals surface area contributed by atoms with Gasteiger partial charge in [-0.3, -0.25) is 4.79 Å². The van der Waals surface area contributed by atoms with E-state index in [-0.39, 0.29) is 17.8 Å². The topological polar surface area (TPSA) is 46.3 Å². The van der Waals surface area contributed by atoms with E-state index < -0.39 is 0 Å². The number of carbonyl (C=O) groups is 1. The van der Waals surface area contributed by atoms with Crippen LogP contribution in [-0.4, -0.2) is 29.9 Å². The van der Waals surface area contributed by atoms with Gasteiger partial charge in [0.15, 0.2) is 0 Å². The Kier molecular flexibility index (Phi) is 3.25. The Morgan fingerprint density at radius 3 is 2.88 bits per heavy atom. The van der Waals surface area contributed by atoms with Crippen LogP contribution in [-0.2, 0) is 0 Å². The molecule has 2 N–H and O–H groups in total. The molecule has 0 unspecified atom stereocenters. The highest BCUT2D eigenvalue weighted by atomic mass is 79.9. The molecule has 3 nitrogen and oxygen atoms in total. The minimum atomic E-state index is -0.366. The second-order valence-corrected chi connectivity index (χ2v) is 4.78. The number of nitrogens with two attached hydrogens (primary N) is 1. The van der Waals surface area contributed by atoms with Gasteiger partial charge in [0, 0.05) is 24.7 Å². The summed E-state index contributed by atoms with van der Waals surface area (Å²) in [5.41, 5.74) is 6.22. The number of carbonyl (C=O) groups excluding carboxylic acids is 1. The molecule has 0 bridgehead atoms. The summed E-state index contributed by atoms with van der Waals surface area (Å²) in [6.07, 6.45) is 0.827. The van der Waals surface area contributed by atoms with Crippen molar-refractivity contribution in [3.8, 4) is 0 Å². The van der Waals surface area contributed by atoms with Crippen molar-refractivity contribution >= 4 is 21.8 Å². The zero-order chi connectivity index (χ0) is 11.7. The highest BCUT2D eigenvalue weighted by Crippen LogP contribution is 2.19. The Labute approximate surface area is 102 Å². The van der Waals surface area contributed by atoms with Gasteiger partial charge in [0.2, 0.25) is 0 Å². The van der Waals surface area contributed by atoms with E-state index >= 15 is 0 Å². The monoisotopic (exact) mass is 286 g/mol. The summed E-state index contributed by atoms with van der Waals surface area (Å²) in [5, 5.41) is 0. The number of nitrogens with zero attached hydrogens (tertiary/aromatic N) is 1. The van der Waals surface area contributed by atoms with Gasteiger partial charge in [-0.15, -0.1) is 0 Å². The molecule has 1 fully saturated rings. The van der Waals surface area contributed by atoms with E-state index in [0.29, 0.717) is 23.1 Å². The molecule has 1 heterocycles. The fourth-order valence-electron chi connectivity index (χ4n) is 1.78. The van der Waals surface area contributed by atoms with Crippen molar-refractivity contribution < 1.29 is 9.18 Å². The lowest BCUT2D eigenvalue weighted by atomic mass is 10.2. The molecule has 16 heavy (non-hydrogen) atoms. The van der Waals surface area contributed by atoms with Gasteiger partial charge >= 0.3 is 0 Å². The van der Waals surface area contributed by atoms with Gasteiger partial charge in [-0.25, -0.2) is 4.39 Å². The lowest BCUT2D eigenvalue weighted by molar-refractivity contribution is 0.0791. The minimum absolute atomic E-state index is 0.0628. The van der Waals surface area contributed by atoms with Crippen molar-refractivity contribution in [1.29, 1.82) is 0 Å². The highest BCUT2D eigenvalue weighted by Gasteiger charge is 2.24. The molecule has 2 rings (SSSR count). The predicted octanol–water partition coefficient (Wildman–Crippen LogP) is 1.76. The van der Waals surface area contributed by atoms with Crippen LogP contribution in [0.25, 0.3) is 0 Å². The molecule has 1 saturated heterocycles. The first-order valence-electron chi connectivity index (χ1n) is 5.08. The summed E-state index contributed by atoms with van der Waals surface area (Å²) in [7, 11) is 0. The molecule has 0 aromatic heterocycles. The van der Waals surface area contributed by atoms with E-state index in [9.17, 15) is 9.18 Å². The normalized spacial score (nSPS) is 20.2. The standard InChI is InChI=1S/C11H12BrFN2O/c12-9-5-7(1-2-10(9)13)11(16)15-4-3-8(14)6-15/h1-2,5,8H,3-4,6,14H2/t8-/m1/s1. The largest absolute Gasteiger partial charge is 0.337 e. The Hall–Kier alpha value is -0.940. The maximum atomic E-state index is 13.0. The molecular formula is C11H12BrFN2O. The van der Waals surface area contributed by atoms with E-state index in [0.717, 1.165) is 6.42 Å². The van der Waals surface area contributed by atoms with Crippen LogP contribution in [0.2, 0.25) is 0 Å². The smallest absolute Gasteiger partial charge is 0.253 e. The van der Waals surface area contributed by atoms with Gasteiger partial charge in [0.05, 0.1) is 4.47 Å². The summed E-state index contributed by atoms with van der Waals surface area (Å²) >= 11 is 3.06. The van der Waals surface area contributed by atoms with Crippen LogP contribution in [0.3, 0.4) is 0 Å². The average Bonchev–Trinajstić information content (AvgIpc) is 2.68. The predicted molar refractivity (Wildman–Crippen MR) is 62.6 cm³/mol. The fourth-order valence-corrected chi connectivity index (χ4v) is 2.16. The first-order valence-corrected chi connectivity index (χ1v) is 5.87. The quantitative estimate of drug-likeness (QED) is 0.855. The van der Waals surface area contributed by atoms with Gasteiger partial charge in [0.1, 0.15) is 5.82 Å². The maximum absolute atomic E-state index is 13.0. The highest BCUT2D eigenvalue weighted by molar-refractivity contribution is 9.10. The van der Waals surface area contributed by atoms with Crippen LogP contribution >= 0.6 is 15.9 Å². The number of likely N-dealkylation sites (tertiary alicyclic amines) is 1. The molecule has 0 radical (unpaired) electrons. The summed E-state index contributed by atoms with van der Waals surface area (Å²) in [6.45, 7) is 1.25. The lowest BCUT2D eigenvalue weighted by Gasteiger charge is -2.15. The maximum Gasteiger partial charge on any atom is 0.253 e. The Morgan fingerprint density at radius 2 is 2.31 bits per heavy atom. The Balaban J connectivity index is 2.18. The fraction of sp³-hybridized carbons (Fsp3) is 0.364. The van der Waals surface area contributed by atoms with Crippen LogP contribution in [0, 0.1) is 5.82 Å². The van der Waals surface area contributed by atoms with Gasteiger partial charge in [0.25, 0.3) is 5.91 Å². The first kappa shape index (κ1) is 11.5. The summed E-state index contributed by atoms with van der Waals surface area (Å²) in [4.78, 5) is 13.7. The van der Waals surface area contributed by atoms with Crippen LogP contribution in [0.15, 0.2) is 22.7 Å². The van der Waals surface area contributed by atoms with Gasteiger partial charge in [-0.2, -0.15) is 0 Å². The van der Waals surface area contributed by atoms with Crippen molar-refractivity contribution in [1.82, 2.24) is 4.90 Å². The molecular weight excluding hydrogens is 275 g/mol. The third-order valence-corrected chi connectivity index (χ3v) is 3.29. The van der Waals surface area contributed by atoms with Crippen LogP contribution in [0.1, 0.15) is 16.8 Å². The number of rotatable bonds is 1. The molecule has 1 aliphatic rings. The molecule has 1 amide bonds. The molecule has 0 saturated carbocycles. The third kappa shape index (κ3) is 2.25. The van der Waals surface area contributed by atoms with Crippen molar-refractivity contribution in [2.75, 3.05) is 13.1 Å². The lowest BCUT2D eigenvalue weighted by Crippen LogP contribution is -2.31. The zero-order valence-electron chi connectivity index (χ0n) is 8.62. The summed E-state index contributed by atoms with van der Waals surface area (Å²) in [6, 6.07) is 4.34. The Bertz CT molecular complexity index is 424. The van der Waals surface area contributed by atoms with Crippen molar-refractivity contribution in [3.63, 3.8) is 0 Å². The van der Waals surface area contributed by atoms with E-state index in [2.05, 4.69) is 15.9 Å². The van der Waals surface area contributed by atoms with E-state index in [4.69, 9.17) is 5.73 Å². The minimum Gasteiger partial charge on any atom is -0.337 e. The molecule has 5 heteroatoms. The zero-order valence-corrected chi connectivity index (χ0v) is 10.2. The van der Waals surface area contributed by atoms with E-state index in [1.807, 2.05) is 0 Å². The average molecular weight is 287 g/mol. The van der Waals surface area contributed by atoms with E-state index in [1.54, 1.807) is 4.90 Å². The number of amides is 1. The van der Waals surface area contributed by atoms with E-state index in [1.165, 1.54) is 18.2 Å². The molecule has 1 aromatic carbocycles. The molecule has 1 atom stereocenters. The molecule has 0 aliphatic carbocycles. The van der Waals surface area contributed by atoms with Crippen LogP contribution < -0.4 is 5.73 Å². The molecule has 1 aromatic rings. The number of hydrogen-bond acceptors (Lipinski definition) is 2. The Morgan fingerprint density at radius 1 is 1.56 bits per heavy atom. The molecule has 0 spiro atoms. The summed E-state index contributed by atoms with van der Waals surface area (Å²) < 4.78 is 13.3. The number of benzene rings is 1. The van der Waals surface area contributed by atoms with Crippen LogP contribution in [0.5, 0.6) is 0 Å². The molecule has 1 aliphatic heterocycles. The number of hydrogen-bond donors (Lipinski definition) is 1. The first-order chi connectivity index (χ1) is 7.58. The van der Waals surface area contributed by atoms with Gasteiger partial charge < -0.3 is 10.6 Å². The van der Waals surface area contributed by atoms with Crippen molar-refractivity contribution in [2.24, 2.45) is 5.73 Å². The number of halogens is 2. The van der Waals surface area contributed by atoms with Crippen LogP contribution in [0.4, 0.5) is 4.39 Å². The molecule has 86 valence electrons. The second kappa shape index (κ2) is 4.51. The van der Waals surface area contributed by atoms with Gasteiger partial charge in [-0.1, -0.05) is 0 Å². The third-order valence-electron chi connectivity index (χ3n) is 2.68. The summed E-state index contributed by atoms with van der Waals surface area (Å²) in [5.74, 6) is -0.455. The van der Waals surface area contributed by atoms with Gasteiger partial charge in [-0.05, 0) is 40.5 Å². The SMILES string of the molecule is N[C@@H]1CCN(C(=O)c2ccc(F)c(Br)c2)C1. The second-order valence-electron chi connectivity index (χ2n) is 3.93. The van der Waals surface area contributed by atoms with Crippen molar-refractivity contribution in [3.05, 3.63) is 34.1 Å². The van der Waals surface area contributed by atoms with Crippen molar-refractivity contribution in [2.45, 2.75) is 12.5 Å².